The van der Waals surface area contributed by atoms with Crippen LogP contribution in [-0.4, -0.2) is 23.9 Å². The van der Waals surface area contributed by atoms with Crippen LogP contribution < -0.4 is 9.64 Å². The van der Waals surface area contributed by atoms with Gasteiger partial charge in [-0.2, -0.15) is 0 Å². The summed E-state index contributed by atoms with van der Waals surface area (Å²) in [5.74, 6) is 0.466. The Labute approximate surface area is 160 Å². The van der Waals surface area contributed by atoms with Gasteiger partial charge in [0.25, 0.3) is 11.8 Å². The molecule has 0 radical (unpaired) electrons. The number of anilines is 1. The van der Waals surface area contributed by atoms with Crippen molar-refractivity contribution in [1.29, 1.82) is 0 Å². The van der Waals surface area contributed by atoms with E-state index in [0.29, 0.717) is 39.6 Å². The lowest BCUT2D eigenvalue weighted by molar-refractivity contribution is 0.0926. The normalized spacial score (nSPS) is 13.2. The first-order chi connectivity index (χ1) is 13.7. The molecule has 0 spiro atoms. The van der Waals surface area contributed by atoms with Crippen LogP contribution in [-0.2, 0) is 0 Å². The Morgan fingerprint density at radius 3 is 2.36 bits per heavy atom. The summed E-state index contributed by atoms with van der Waals surface area (Å²) in [6.45, 7) is 0. The molecule has 0 N–H and O–H groups in total. The quantitative estimate of drug-likeness (QED) is 0.503. The predicted octanol–water partition coefficient (Wildman–Crippen LogP) is 4.30. The third kappa shape index (κ3) is 2.39. The maximum absolute atomic E-state index is 12.7. The number of amides is 2. The minimum atomic E-state index is -0.337. The molecule has 0 saturated carbocycles. The topological polar surface area (TPSA) is 72.6 Å². The minimum absolute atomic E-state index is 0.337. The highest BCUT2D eigenvalue weighted by Gasteiger charge is 2.36. The average molecular weight is 370 g/mol. The zero-order valence-corrected chi connectivity index (χ0v) is 14.9. The van der Waals surface area contributed by atoms with Crippen LogP contribution in [0.15, 0.2) is 71.1 Å². The van der Waals surface area contributed by atoms with Gasteiger partial charge in [0, 0.05) is 5.56 Å². The highest BCUT2D eigenvalue weighted by molar-refractivity contribution is 6.34. The fraction of sp³-hybridized carbons (Fsp3) is 0.0455. The second-order valence-electron chi connectivity index (χ2n) is 6.39. The molecule has 28 heavy (non-hydrogen) atoms. The van der Waals surface area contributed by atoms with Gasteiger partial charge < -0.3 is 9.15 Å². The Hall–Kier alpha value is -3.93. The van der Waals surface area contributed by atoms with Gasteiger partial charge in [-0.05, 0) is 48.5 Å². The highest BCUT2D eigenvalue weighted by atomic mass is 16.5. The Bertz CT molecular complexity index is 1220. The Morgan fingerprint density at radius 2 is 1.64 bits per heavy atom. The van der Waals surface area contributed by atoms with Gasteiger partial charge in [-0.1, -0.05) is 18.2 Å². The van der Waals surface area contributed by atoms with Crippen LogP contribution in [0.25, 0.3) is 22.6 Å². The molecule has 0 bridgehead atoms. The summed E-state index contributed by atoms with van der Waals surface area (Å²) >= 11 is 0. The fourth-order valence-corrected chi connectivity index (χ4v) is 3.36. The number of ether oxygens (including phenoxy) is 1. The summed E-state index contributed by atoms with van der Waals surface area (Å²) in [5, 5.41) is 0. The van der Waals surface area contributed by atoms with E-state index < -0.39 is 0 Å². The van der Waals surface area contributed by atoms with Crippen molar-refractivity contribution < 1.29 is 18.7 Å². The number of aromatic nitrogens is 1. The lowest BCUT2D eigenvalue weighted by Gasteiger charge is -2.13. The minimum Gasteiger partial charge on any atom is -0.497 e. The lowest BCUT2D eigenvalue weighted by Crippen LogP contribution is -2.29. The van der Waals surface area contributed by atoms with E-state index >= 15 is 0 Å². The summed E-state index contributed by atoms with van der Waals surface area (Å²) in [5.41, 5.74) is 3.18. The molecule has 0 aliphatic carbocycles. The predicted molar refractivity (Wildman–Crippen MR) is 104 cm³/mol. The highest BCUT2D eigenvalue weighted by Crippen LogP contribution is 2.32. The second-order valence-corrected chi connectivity index (χ2v) is 6.39. The number of carbonyl (C=O) groups excluding carboxylic acids is 2. The van der Waals surface area contributed by atoms with Gasteiger partial charge >= 0.3 is 0 Å². The van der Waals surface area contributed by atoms with Crippen LogP contribution in [0.1, 0.15) is 20.7 Å². The van der Waals surface area contributed by atoms with Crippen molar-refractivity contribution in [2.75, 3.05) is 12.0 Å². The zero-order chi connectivity index (χ0) is 19.3. The second kappa shape index (κ2) is 6.06. The van der Waals surface area contributed by atoms with E-state index in [0.717, 1.165) is 5.56 Å². The molecule has 3 aromatic carbocycles. The maximum Gasteiger partial charge on any atom is 0.266 e. The van der Waals surface area contributed by atoms with Crippen molar-refractivity contribution in [3.05, 3.63) is 77.9 Å². The molecule has 1 aromatic heterocycles. The molecule has 0 saturated heterocycles. The molecule has 2 amide bonds. The van der Waals surface area contributed by atoms with Gasteiger partial charge in [-0.25, -0.2) is 9.88 Å². The molecule has 0 fully saturated rings. The summed E-state index contributed by atoms with van der Waals surface area (Å²) in [4.78, 5) is 31.1. The van der Waals surface area contributed by atoms with Crippen LogP contribution in [0.2, 0.25) is 0 Å². The molecule has 1 aliphatic rings. The van der Waals surface area contributed by atoms with Crippen molar-refractivity contribution in [2.45, 2.75) is 0 Å². The third-order valence-electron chi connectivity index (χ3n) is 4.74. The Balaban J connectivity index is 1.56. The molecular weight excluding hydrogens is 356 g/mol. The number of imide groups is 1. The number of hydrogen-bond acceptors (Lipinski definition) is 5. The number of hydrogen-bond donors (Lipinski definition) is 0. The van der Waals surface area contributed by atoms with Gasteiger partial charge in [0.05, 0.1) is 23.9 Å². The number of fused-ring (bicyclic) bond motifs is 2. The number of methoxy groups -OCH3 is 1. The fourth-order valence-electron chi connectivity index (χ4n) is 3.36. The van der Waals surface area contributed by atoms with Crippen molar-refractivity contribution in [1.82, 2.24) is 4.98 Å². The summed E-state index contributed by atoms with van der Waals surface area (Å²) < 4.78 is 11.1. The van der Waals surface area contributed by atoms with Crippen molar-refractivity contribution >= 4 is 28.6 Å². The Morgan fingerprint density at radius 1 is 0.893 bits per heavy atom. The summed E-state index contributed by atoms with van der Waals surface area (Å²) in [6.07, 6.45) is 0. The first-order valence-corrected chi connectivity index (χ1v) is 8.68. The summed E-state index contributed by atoms with van der Waals surface area (Å²) in [7, 11) is 1.60. The van der Waals surface area contributed by atoms with Crippen molar-refractivity contribution in [3.8, 4) is 17.2 Å². The van der Waals surface area contributed by atoms with Gasteiger partial charge in [-0.15, -0.1) is 0 Å². The molecule has 0 unspecified atom stereocenters. The van der Waals surface area contributed by atoms with E-state index in [1.807, 2.05) is 24.3 Å². The average Bonchev–Trinajstić information content (AvgIpc) is 3.27. The van der Waals surface area contributed by atoms with Crippen molar-refractivity contribution in [3.63, 3.8) is 0 Å². The molecule has 136 valence electrons. The summed E-state index contributed by atoms with van der Waals surface area (Å²) in [6, 6.07) is 19.3. The van der Waals surface area contributed by atoms with Gasteiger partial charge in [-0.3, -0.25) is 9.59 Å². The first-order valence-electron chi connectivity index (χ1n) is 8.68. The number of nitrogens with zero attached hydrogens (tertiary/aromatic N) is 2. The molecule has 0 atom stereocenters. The van der Waals surface area contributed by atoms with Crippen LogP contribution in [0.3, 0.4) is 0 Å². The van der Waals surface area contributed by atoms with Crippen molar-refractivity contribution in [2.24, 2.45) is 0 Å². The first kappa shape index (κ1) is 16.3. The molecule has 5 rings (SSSR count). The number of rotatable bonds is 3. The molecule has 6 nitrogen and oxygen atoms in total. The van der Waals surface area contributed by atoms with Crippen LogP contribution in [0.4, 0.5) is 5.69 Å². The van der Waals surface area contributed by atoms with Crippen LogP contribution >= 0.6 is 0 Å². The molecular formula is C22H14N2O4. The van der Waals surface area contributed by atoms with E-state index in [9.17, 15) is 9.59 Å². The maximum atomic E-state index is 12.7. The standard InChI is InChI=1S/C22H14N2O4/c1-27-15-6-4-5-13(11-15)20-23-18-12-14(9-10-19(18)28-20)24-21(25)16-7-2-3-8-17(16)22(24)26/h2-12H,1H3. The van der Waals surface area contributed by atoms with Crippen LogP contribution in [0.5, 0.6) is 5.75 Å². The van der Waals surface area contributed by atoms with Gasteiger partial charge in [0.1, 0.15) is 11.3 Å². The largest absolute Gasteiger partial charge is 0.497 e. The van der Waals surface area contributed by atoms with E-state index in [4.69, 9.17) is 9.15 Å². The molecule has 2 heterocycles. The zero-order valence-electron chi connectivity index (χ0n) is 14.9. The Kier molecular flexibility index (Phi) is 3.52. The van der Waals surface area contributed by atoms with Gasteiger partial charge in [0.2, 0.25) is 5.89 Å². The van der Waals surface area contributed by atoms with E-state index in [2.05, 4.69) is 4.98 Å². The third-order valence-corrected chi connectivity index (χ3v) is 4.74. The number of benzene rings is 3. The number of oxazole rings is 1. The van der Waals surface area contributed by atoms with Gasteiger partial charge in [0.15, 0.2) is 5.58 Å². The smallest absolute Gasteiger partial charge is 0.266 e. The number of carbonyl (C=O) groups is 2. The van der Waals surface area contributed by atoms with Crippen LogP contribution in [0, 0.1) is 0 Å². The molecule has 1 aliphatic heterocycles. The lowest BCUT2D eigenvalue weighted by atomic mass is 10.1. The monoisotopic (exact) mass is 370 g/mol. The van der Waals surface area contributed by atoms with E-state index in [-0.39, 0.29) is 11.8 Å². The molecule has 4 aromatic rings. The van der Waals surface area contributed by atoms with E-state index in [1.165, 1.54) is 4.90 Å². The van der Waals surface area contributed by atoms with E-state index in [1.54, 1.807) is 49.6 Å². The SMILES string of the molecule is COc1cccc(-c2nc3cc(N4C(=O)c5ccccc5C4=O)ccc3o2)c1. The molecule has 6 heteroatoms.